The van der Waals surface area contributed by atoms with Gasteiger partial charge in [-0.1, -0.05) is 37.2 Å². The molecule has 0 aliphatic carbocycles. The quantitative estimate of drug-likeness (QED) is 0.665. The lowest BCUT2D eigenvalue weighted by Gasteiger charge is -2.04. The number of nitrogens with one attached hydrogen (secondary N) is 2. The Bertz CT molecular complexity index is 903. The molecule has 27 heavy (non-hydrogen) atoms. The normalized spacial score (nSPS) is 11.0. The van der Waals surface area contributed by atoms with Gasteiger partial charge in [-0.05, 0) is 18.4 Å². The maximum absolute atomic E-state index is 13.7. The summed E-state index contributed by atoms with van der Waals surface area (Å²) >= 11 is 0. The van der Waals surface area contributed by atoms with Gasteiger partial charge in [-0.25, -0.2) is 9.18 Å². The van der Waals surface area contributed by atoms with E-state index in [-0.39, 0.29) is 24.9 Å². The van der Waals surface area contributed by atoms with Crippen LogP contribution >= 0.6 is 0 Å². The lowest BCUT2D eigenvalue weighted by molar-refractivity contribution is 0.250. The highest BCUT2D eigenvalue weighted by molar-refractivity contribution is 5.88. The van der Waals surface area contributed by atoms with Gasteiger partial charge in [-0.2, -0.15) is 5.10 Å². The van der Waals surface area contributed by atoms with Gasteiger partial charge in [-0.15, -0.1) is 0 Å². The smallest absolute Gasteiger partial charge is 0.319 e. The average Bonchev–Trinajstić information content (AvgIpc) is 3.24. The summed E-state index contributed by atoms with van der Waals surface area (Å²) < 4.78 is 20.5. The summed E-state index contributed by atoms with van der Waals surface area (Å²) in [6.45, 7) is 4.73. The Morgan fingerprint density at radius 1 is 1.33 bits per heavy atom. The van der Waals surface area contributed by atoms with Gasteiger partial charge in [0.05, 0.1) is 30.7 Å². The van der Waals surface area contributed by atoms with Crippen molar-refractivity contribution in [3.05, 3.63) is 65.6 Å². The Morgan fingerprint density at radius 3 is 2.93 bits per heavy atom. The van der Waals surface area contributed by atoms with Crippen LogP contribution in [0, 0.1) is 11.7 Å². The van der Waals surface area contributed by atoms with Crippen molar-refractivity contribution in [3.63, 3.8) is 0 Å². The van der Waals surface area contributed by atoms with Crippen LogP contribution < -0.4 is 10.6 Å². The van der Waals surface area contributed by atoms with Crippen molar-refractivity contribution in [2.45, 2.75) is 33.4 Å². The third-order valence-corrected chi connectivity index (χ3v) is 3.83. The van der Waals surface area contributed by atoms with Crippen molar-refractivity contribution in [2.24, 2.45) is 5.92 Å². The lowest BCUT2D eigenvalue weighted by Crippen LogP contribution is -2.27. The number of hydrogen-bond donors (Lipinski definition) is 2. The minimum atomic E-state index is -0.387. The van der Waals surface area contributed by atoms with Crippen LogP contribution in [-0.4, -0.2) is 21.0 Å². The molecule has 2 amide bonds. The van der Waals surface area contributed by atoms with Crippen molar-refractivity contribution < 1.29 is 13.7 Å². The summed E-state index contributed by atoms with van der Waals surface area (Å²) in [6.07, 6.45) is 3.98. The highest BCUT2D eigenvalue weighted by Crippen LogP contribution is 2.12. The molecule has 0 saturated heterocycles. The molecule has 0 unspecified atom stereocenters. The molecule has 0 aliphatic rings. The van der Waals surface area contributed by atoms with Crippen LogP contribution in [0.3, 0.4) is 0 Å². The zero-order chi connectivity index (χ0) is 19.2. The van der Waals surface area contributed by atoms with Gasteiger partial charge in [-0.3, -0.25) is 4.68 Å². The van der Waals surface area contributed by atoms with Crippen molar-refractivity contribution in [1.29, 1.82) is 0 Å². The first-order valence-electron chi connectivity index (χ1n) is 8.75. The number of urea groups is 1. The molecule has 0 bridgehead atoms. The summed E-state index contributed by atoms with van der Waals surface area (Å²) in [5.41, 5.74) is 1.91. The maximum atomic E-state index is 13.7. The van der Waals surface area contributed by atoms with E-state index in [0.29, 0.717) is 22.9 Å². The molecule has 0 radical (unpaired) electrons. The Hall–Kier alpha value is -3.16. The summed E-state index contributed by atoms with van der Waals surface area (Å²) in [5.74, 6) is 0.792. The predicted molar refractivity (Wildman–Crippen MR) is 98.6 cm³/mol. The van der Waals surface area contributed by atoms with Crippen LogP contribution in [0.15, 0.2) is 47.2 Å². The van der Waals surface area contributed by atoms with Crippen LogP contribution in [0.25, 0.3) is 0 Å². The van der Waals surface area contributed by atoms with Crippen molar-refractivity contribution >= 4 is 11.7 Å². The van der Waals surface area contributed by atoms with E-state index in [1.54, 1.807) is 29.1 Å². The average molecular weight is 371 g/mol. The number of carbonyl (C=O) groups excluding carboxylic acids is 1. The van der Waals surface area contributed by atoms with Gasteiger partial charge in [0.1, 0.15) is 5.82 Å². The molecule has 2 aromatic heterocycles. The summed E-state index contributed by atoms with van der Waals surface area (Å²) in [6, 6.07) is 7.96. The number of benzene rings is 1. The largest absolute Gasteiger partial charge is 0.359 e. The number of carbonyl (C=O) groups is 1. The van der Waals surface area contributed by atoms with Gasteiger partial charge in [0.2, 0.25) is 0 Å². The molecule has 7 nitrogen and oxygen atoms in total. The van der Waals surface area contributed by atoms with E-state index in [9.17, 15) is 9.18 Å². The van der Waals surface area contributed by atoms with Gasteiger partial charge in [0.25, 0.3) is 0 Å². The molecular formula is C19H22FN5O2. The molecule has 0 aliphatic heterocycles. The Morgan fingerprint density at radius 2 is 2.15 bits per heavy atom. The Balaban J connectivity index is 1.49. The molecule has 0 saturated carbocycles. The molecule has 3 rings (SSSR count). The van der Waals surface area contributed by atoms with Gasteiger partial charge >= 0.3 is 6.03 Å². The van der Waals surface area contributed by atoms with Crippen LogP contribution in [0.5, 0.6) is 0 Å². The number of anilines is 1. The van der Waals surface area contributed by atoms with Crippen LogP contribution in [0.1, 0.15) is 30.9 Å². The molecule has 1 aromatic carbocycles. The Labute approximate surface area is 156 Å². The lowest BCUT2D eigenvalue weighted by atomic mass is 10.1. The molecule has 2 N–H and O–H groups in total. The summed E-state index contributed by atoms with van der Waals surface area (Å²) in [7, 11) is 0. The van der Waals surface area contributed by atoms with Crippen LogP contribution in [-0.2, 0) is 19.5 Å². The molecule has 8 heteroatoms. The minimum Gasteiger partial charge on any atom is -0.359 e. The van der Waals surface area contributed by atoms with E-state index >= 15 is 0 Å². The number of rotatable bonds is 7. The minimum absolute atomic E-state index is 0.236. The molecule has 0 spiro atoms. The predicted octanol–water partition coefficient (Wildman–Crippen LogP) is 3.58. The first kappa shape index (κ1) is 18.6. The van der Waals surface area contributed by atoms with E-state index in [1.165, 1.54) is 12.3 Å². The third-order valence-electron chi connectivity index (χ3n) is 3.83. The van der Waals surface area contributed by atoms with E-state index in [1.807, 2.05) is 6.07 Å². The molecule has 0 atom stereocenters. The number of nitrogens with zero attached hydrogens (tertiary/aromatic N) is 3. The summed E-state index contributed by atoms with van der Waals surface area (Å²) in [5, 5.41) is 13.5. The second-order valence-electron chi connectivity index (χ2n) is 6.71. The van der Waals surface area contributed by atoms with Crippen LogP contribution in [0.2, 0.25) is 0 Å². The number of hydrogen-bond acceptors (Lipinski definition) is 4. The Kier molecular flexibility index (Phi) is 5.85. The highest BCUT2D eigenvalue weighted by atomic mass is 19.1. The first-order chi connectivity index (χ1) is 13.0. The van der Waals surface area contributed by atoms with Gasteiger partial charge in [0, 0.05) is 17.8 Å². The zero-order valence-electron chi connectivity index (χ0n) is 15.3. The fourth-order valence-electron chi connectivity index (χ4n) is 2.61. The molecule has 2 heterocycles. The van der Waals surface area contributed by atoms with E-state index in [4.69, 9.17) is 4.52 Å². The second-order valence-corrected chi connectivity index (χ2v) is 6.71. The van der Waals surface area contributed by atoms with Crippen molar-refractivity contribution in [1.82, 2.24) is 20.3 Å². The summed E-state index contributed by atoms with van der Waals surface area (Å²) in [4.78, 5) is 12.0. The van der Waals surface area contributed by atoms with Crippen molar-refractivity contribution in [2.75, 3.05) is 5.32 Å². The van der Waals surface area contributed by atoms with Gasteiger partial charge < -0.3 is 15.2 Å². The standard InChI is InChI=1S/C19H22FN5O2/c1-13(2)7-15-8-17(27-24-15)10-21-19(26)23-16-9-22-25(12-16)11-14-5-3-4-6-18(14)20/h3-6,8-9,12-13H,7,10-11H2,1-2H3,(H2,21,23,26). The maximum Gasteiger partial charge on any atom is 0.319 e. The van der Waals surface area contributed by atoms with Gasteiger partial charge in [0.15, 0.2) is 5.76 Å². The fraction of sp³-hybridized carbons (Fsp3) is 0.316. The third kappa shape index (κ3) is 5.40. The van der Waals surface area contributed by atoms with Crippen LogP contribution in [0.4, 0.5) is 14.9 Å². The van der Waals surface area contributed by atoms with Crippen molar-refractivity contribution in [3.8, 4) is 0 Å². The van der Waals surface area contributed by atoms with E-state index < -0.39 is 0 Å². The number of halogens is 1. The molecule has 3 aromatic rings. The monoisotopic (exact) mass is 371 g/mol. The first-order valence-corrected chi connectivity index (χ1v) is 8.75. The van der Waals surface area contributed by atoms with E-state index in [2.05, 4.69) is 34.7 Å². The SMILES string of the molecule is CC(C)Cc1cc(CNC(=O)Nc2cnn(Cc3ccccc3F)c2)on1. The topological polar surface area (TPSA) is 85.0 Å². The molecule has 0 fully saturated rings. The zero-order valence-corrected chi connectivity index (χ0v) is 15.3. The molecular weight excluding hydrogens is 349 g/mol. The van der Waals surface area contributed by atoms with E-state index in [0.717, 1.165) is 12.1 Å². The second kappa shape index (κ2) is 8.48. The number of aromatic nitrogens is 3. The highest BCUT2D eigenvalue weighted by Gasteiger charge is 2.09. The molecule has 142 valence electrons. The fourth-order valence-corrected chi connectivity index (χ4v) is 2.61. The number of amides is 2.